The number of anilines is 1. The van der Waals surface area contributed by atoms with E-state index < -0.39 is 29.4 Å². The zero-order chi connectivity index (χ0) is 16.6. The van der Waals surface area contributed by atoms with Gasteiger partial charge in [0.25, 0.3) is 0 Å². The second kappa shape index (κ2) is 6.23. The summed E-state index contributed by atoms with van der Waals surface area (Å²) in [5, 5.41) is 5.36. The monoisotopic (exact) mass is 323 g/mol. The average molecular weight is 323 g/mol. The zero-order valence-electron chi connectivity index (χ0n) is 12.9. The third-order valence-corrected chi connectivity index (χ3v) is 4.48. The lowest BCUT2D eigenvalue weighted by Crippen LogP contribution is -2.50. The number of benzene rings is 1. The molecule has 0 spiro atoms. The highest BCUT2D eigenvalue weighted by Gasteiger charge is 2.33. The van der Waals surface area contributed by atoms with Crippen LogP contribution in [0.3, 0.4) is 0 Å². The fourth-order valence-corrected chi connectivity index (χ4v) is 3.26. The number of carbonyl (C=O) groups is 2. The van der Waals surface area contributed by atoms with Crippen molar-refractivity contribution in [3.8, 4) is 0 Å². The number of imide groups is 1. The summed E-state index contributed by atoms with van der Waals surface area (Å²) in [6, 6.07) is 2.69. The summed E-state index contributed by atoms with van der Waals surface area (Å²) < 4.78 is 29.0. The van der Waals surface area contributed by atoms with E-state index in [1.807, 2.05) is 11.8 Å². The Bertz CT molecular complexity index is 627. The van der Waals surface area contributed by atoms with Gasteiger partial charge in [0.05, 0.1) is 5.92 Å². The van der Waals surface area contributed by atoms with Crippen LogP contribution in [0, 0.1) is 11.6 Å². The zero-order valence-corrected chi connectivity index (χ0v) is 12.9. The number of carbonyl (C=O) groups excluding carboxylic acids is 2. The number of hydrogen-bond donors (Lipinski definition) is 2. The van der Waals surface area contributed by atoms with Crippen LogP contribution in [0.2, 0.25) is 0 Å². The molecular weight excluding hydrogens is 304 g/mol. The van der Waals surface area contributed by atoms with Gasteiger partial charge in [-0.15, -0.1) is 0 Å². The van der Waals surface area contributed by atoms with Crippen LogP contribution in [-0.4, -0.2) is 37.5 Å². The van der Waals surface area contributed by atoms with Crippen LogP contribution in [0.4, 0.5) is 14.5 Å². The molecule has 1 aromatic carbocycles. The van der Waals surface area contributed by atoms with Gasteiger partial charge in [-0.25, -0.2) is 8.78 Å². The maximum Gasteiger partial charge on any atom is 0.234 e. The van der Waals surface area contributed by atoms with E-state index in [1.165, 1.54) is 12.1 Å². The number of nitrogens with zero attached hydrogens (tertiary/aromatic N) is 1. The maximum absolute atomic E-state index is 14.5. The van der Waals surface area contributed by atoms with Gasteiger partial charge in [-0.2, -0.15) is 0 Å². The molecule has 5 nitrogen and oxygen atoms in total. The molecule has 2 saturated heterocycles. The standard InChI is InChI=1S/C16H19F2N3O2/c1-9-8-19-4-5-21(9)10-6-12(17)15(13(18)7-10)11-2-3-14(22)20-16(11)23/h6-7,9,11,19H,2-5,8H2,1H3,(H,20,22,23)/t9-,11?/m1/s1. The van der Waals surface area contributed by atoms with Gasteiger partial charge in [0.1, 0.15) is 11.6 Å². The van der Waals surface area contributed by atoms with Gasteiger partial charge in [-0.05, 0) is 25.5 Å². The van der Waals surface area contributed by atoms with Gasteiger partial charge in [-0.1, -0.05) is 0 Å². The van der Waals surface area contributed by atoms with Crippen molar-refractivity contribution in [2.75, 3.05) is 24.5 Å². The van der Waals surface area contributed by atoms with Gasteiger partial charge in [0.15, 0.2) is 0 Å². The second-order valence-corrected chi connectivity index (χ2v) is 6.07. The molecule has 1 unspecified atom stereocenters. The van der Waals surface area contributed by atoms with Crippen molar-refractivity contribution in [2.45, 2.75) is 31.7 Å². The number of nitrogens with one attached hydrogen (secondary N) is 2. The lowest BCUT2D eigenvalue weighted by molar-refractivity contribution is -0.134. The van der Waals surface area contributed by atoms with Crippen LogP contribution >= 0.6 is 0 Å². The number of rotatable bonds is 2. The highest BCUT2D eigenvalue weighted by molar-refractivity contribution is 6.01. The quantitative estimate of drug-likeness (QED) is 0.805. The number of hydrogen-bond acceptors (Lipinski definition) is 4. The largest absolute Gasteiger partial charge is 0.366 e. The van der Waals surface area contributed by atoms with Crippen molar-refractivity contribution in [1.29, 1.82) is 0 Å². The van der Waals surface area contributed by atoms with Crippen LogP contribution < -0.4 is 15.5 Å². The second-order valence-electron chi connectivity index (χ2n) is 6.07. The number of halogens is 2. The molecule has 3 rings (SSSR count). The van der Waals surface area contributed by atoms with Crippen molar-refractivity contribution in [3.63, 3.8) is 0 Å². The molecule has 2 aliphatic rings. The summed E-state index contributed by atoms with van der Waals surface area (Å²) in [7, 11) is 0. The molecule has 7 heteroatoms. The van der Waals surface area contributed by atoms with Crippen molar-refractivity contribution in [2.24, 2.45) is 0 Å². The number of piperazine rings is 1. The molecular formula is C16H19F2N3O2. The third-order valence-electron chi connectivity index (χ3n) is 4.48. The Labute approximate surface area is 133 Å². The van der Waals surface area contributed by atoms with Gasteiger partial charge in [-0.3, -0.25) is 14.9 Å². The number of piperidine rings is 1. The molecule has 1 aromatic rings. The minimum atomic E-state index is -0.956. The summed E-state index contributed by atoms with van der Waals surface area (Å²) in [6.07, 6.45) is 0.216. The van der Waals surface area contributed by atoms with E-state index in [2.05, 4.69) is 10.6 Å². The first kappa shape index (κ1) is 15.9. The van der Waals surface area contributed by atoms with Crippen molar-refractivity contribution in [3.05, 3.63) is 29.3 Å². The van der Waals surface area contributed by atoms with E-state index in [1.54, 1.807) is 0 Å². The minimum Gasteiger partial charge on any atom is -0.366 e. The van der Waals surface area contributed by atoms with Gasteiger partial charge >= 0.3 is 0 Å². The van der Waals surface area contributed by atoms with Crippen LogP contribution in [-0.2, 0) is 9.59 Å². The van der Waals surface area contributed by atoms with Crippen molar-refractivity contribution in [1.82, 2.24) is 10.6 Å². The fourth-order valence-electron chi connectivity index (χ4n) is 3.26. The fraction of sp³-hybridized carbons (Fsp3) is 0.500. The Morgan fingerprint density at radius 1 is 1.22 bits per heavy atom. The van der Waals surface area contributed by atoms with Crippen LogP contribution in [0.15, 0.2) is 12.1 Å². The first-order valence-electron chi connectivity index (χ1n) is 7.77. The molecule has 0 aliphatic carbocycles. The summed E-state index contributed by atoms with van der Waals surface area (Å²) in [5.74, 6) is -3.47. The normalized spacial score (nSPS) is 25.4. The topological polar surface area (TPSA) is 61.4 Å². The first-order chi connectivity index (χ1) is 11.0. The van der Waals surface area contributed by atoms with Crippen molar-refractivity contribution < 1.29 is 18.4 Å². The lowest BCUT2D eigenvalue weighted by Gasteiger charge is -2.36. The van der Waals surface area contributed by atoms with E-state index in [0.29, 0.717) is 12.2 Å². The Morgan fingerprint density at radius 2 is 1.91 bits per heavy atom. The summed E-state index contributed by atoms with van der Waals surface area (Å²) >= 11 is 0. The molecule has 0 aromatic heterocycles. The molecule has 0 bridgehead atoms. The predicted molar refractivity (Wildman–Crippen MR) is 81.2 cm³/mol. The Balaban J connectivity index is 1.91. The molecule has 2 aliphatic heterocycles. The van der Waals surface area contributed by atoms with Gasteiger partial charge < -0.3 is 10.2 Å². The Hall–Kier alpha value is -2.02. The van der Waals surface area contributed by atoms with E-state index in [9.17, 15) is 18.4 Å². The smallest absolute Gasteiger partial charge is 0.234 e. The van der Waals surface area contributed by atoms with E-state index in [0.717, 1.165) is 13.1 Å². The van der Waals surface area contributed by atoms with Crippen LogP contribution in [0.1, 0.15) is 31.2 Å². The maximum atomic E-state index is 14.5. The van der Waals surface area contributed by atoms with E-state index >= 15 is 0 Å². The van der Waals surface area contributed by atoms with Crippen LogP contribution in [0.25, 0.3) is 0 Å². The van der Waals surface area contributed by atoms with Crippen LogP contribution in [0.5, 0.6) is 0 Å². The molecule has 2 amide bonds. The Morgan fingerprint density at radius 3 is 2.52 bits per heavy atom. The SMILES string of the molecule is C[C@@H]1CNCCN1c1cc(F)c(C2CCC(=O)NC2=O)c(F)c1. The molecule has 23 heavy (non-hydrogen) atoms. The molecule has 0 radical (unpaired) electrons. The molecule has 2 N–H and O–H groups in total. The predicted octanol–water partition coefficient (Wildman–Crippen LogP) is 1.28. The average Bonchev–Trinajstić information content (AvgIpc) is 2.49. The molecule has 0 saturated carbocycles. The van der Waals surface area contributed by atoms with E-state index in [-0.39, 0.29) is 24.4 Å². The van der Waals surface area contributed by atoms with Gasteiger partial charge in [0.2, 0.25) is 11.8 Å². The molecule has 124 valence electrons. The molecule has 2 atom stereocenters. The summed E-state index contributed by atoms with van der Waals surface area (Å²) in [5.41, 5.74) is 0.228. The summed E-state index contributed by atoms with van der Waals surface area (Å²) in [6.45, 7) is 4.15. The highest BCUT2D eigenvalue weighted by Crippen LogP contribution is 2.32. The third kappa shape index (κ3) is 3.06. The first-order valence-corrected chi connectivity index (χ1v) is 7.77. The molecule has 2 heterocycles. The van der Waals surface area contributed by atoms with Gasteiger partial charge in [0, 0.05) is 43.3 Å². The Kier molecular flexibility index (Phi) is 4.30. The van der Waals surface area contributed by atoms with E-state index in [4.69, 9.17) is 0 Å². The van der Waals surface area contributed by atoms with Crippen molar-refractivity contribution >= 4 is 17.5 Å². The molecule has 2 fully saturated rings. The number of amides is 2. The lowest BCUT2D eigenvalue weighted by atomic mass is 9.89. The summed E-state index contributed by atoms with van der Waals surface area (Å²) in [4.78, 5) is 25.0. The highest BCUT2D eigenvalue weighted by atomic mass is 19.1. The minimum absolute atomic E-state index is 0.0892.